The molecule has 0 aliphatic heterocycles. The topological polar surface area (TPSA) is 0 Å². The molecule has 0 aromatic carbocycles. The molecule has 0 nitrogen and oxygen atoms in total. The van der Waals surface area contributed by atoms with Crippen LogP contribution in [0.15, 0.2) is 0 Å². The van der Waals surface area contributed by atoms with Crippen LogP contribution < -0.4 is 0 Å². The molecule has 0 aromatic rings. The summed E-state index contributed by atoms with van der Waals surface area (Å²) in [5.41, 5.74) is 0. The molecule has 72 valence electrons. The number of hydrogen-bond donors (Lipinski definition) is 0. The van der Waals surface area contributed by atoms with Gasteiger partial charge in [-0.25, -0.2) is 0 Å². The second kappa shape index (κ2) is 5.61. The molecule has 12 heavy (non-hydrogen) atoms. The van der Waals surface area contributed by atoms with Gasteiger partial charge in [0, 0.05) is 0 Å². The van der Waals surface area contributed by atoms with Gasteiger partial charge in [0.15, 0.2) is 0 Å². The van der Waals surface area contributed by atoms with E-state index in [0.29, 0.717) is 0 Å². The fourth-order valence-electron chi connectivity index (χ4n) is 2.61. The molecule has 0 radical (unpaired) electrons. The first-order chi connectivity index (χ1) is 5.86. The maximum Gasteiger partial charge on any atom is -0.0412 e. The molecular formula is C12H24. The maximum atomic E-state index is 2.36. The molecule has 1 aliphatic carbocycles. The first kappa shape index (κ1) is 10.1. The van der Waals surface area contributed by atoms with Crippen molar-refractivity contribution >= 4 is 0 Å². The van der Waals surface area contributed by atoms with Crippen LogP contribution in [-0.4, -0.2) is 0 Å². The fourth-order valence-corrected chi connectivity index (χ4v) is 2.61. The van der Waals surface area contributed by atoms with Crippen LogP contribution in [0.2, 0.25) is 0 Å². The monoisotopic (exact) mass is 168 g/mol. The zero-order valence-corrected chi connectivity index (χ0v) is 8.81. The van der Waals surface area contributed by atoms with E-state index in [4.69, 9.17) is 0 Å². The lowest BCUT2D eigenvalue weighted by atomic mass is 9.88. The van der Waals surface area contributed by atoms with Crippen molar-refractivity contribution in [1.82, 2.24) is 0 Å². The van der Waals surface area contributed by atoms with E-state index in [9.17, 15) is 0 Å². The summed E-state index contributed by atoms with van der Waals surface area (Å²) in [7, 11) is 0. The van der Waals surface area contributed by atoms with E-state index in [1.165, 1.54) is 51.4 Å². The van der Waals surface area contributed by atoms with Crippen molar-refractivity contribution in [3.63, 3.8) is 0 Å². The molecule has 1 fully saturated rings. The fraction of sp³-hybridized carbons (Fsp3) is 1.00. The van der Waals surface area contributed by atoms with Crippen molar-refractivity contribution in [2.45, 2.75) is 65.2 Å². The highest BCUT2D eigenvalue weighted by molar-refractivity contribution is 4.70. The van der Waals surface area contributed by atoms with E-state index in [1.54, 1.807) is 0 Å². The van der Waals surface area contributed by atoms with Crippen LogP contribution in [0, 0.1) is 11.8 Å². The predicted octanol–water partition coefficient (Wildman–Crippen LogP) is 4.39. The lowest BCUT2D eigenvalue weighted by Crippen LogP contribution is -2.05. The van der Waals surface area contributed by atoms with E-state index in [1.807, 2.05) is 0 Å². The van der Waals surface area contributed by atoms with Crippen molar-refractivity contribution in [3.05, 3.63) is 0 Å². The molecule has 0 heterocycles. The van der Waals surface area contributed by atoms with Crippen molar-refractivity contribution in [1.29, 1.82) is 0 Å². The molecule has 1 aliphatic rings. The zero-order chi connectivity index (χ0) is 8.81. The van der Waals surface area contributed by atoms with Crippen molar-refractivity contribution in [2.75, 3.05) is 0 Å². The third-order valence-corrected chi connectivity index (χ3v) is 3.42. The third kappa shape index (κ3) is 3.16. The van der Waals surface area contributed by atoms with Gasteiger partial charge in [-0.15, -0.1) is 0 Å². The predicted molar refractivity (Wildman–Crippen MR) is 55.3 cm³/mol. The highest BCUT2D eigenvalue weighted by Crippen LogP contribution is 2.32. The summed E-state index contributed by atoms with van der Waals surface area (Å²) in [4.78, 5) is 0. The van der Waals surface area contributed by atoms with Gasteiger partial charge in [0.05, 0.1) is 0 Å². The second-order valence-electron chi connectivity index (χ2n) is 4.45. The van der Waals surface area contributed by atoms with E-state index < -0.39 is 0 Å². The Morgan fingerprint density at radius 3 is 2.33 bits per heavy atom. The van der Waals surface area contributed by atoms with Crippen LogP contribution in [0.25, 0.3) is 0 Å². The van der Waals surface area contributed by atoms with Crippen LogP contribution in [-0.2, 0) is 0 Å². The Hall–Kier alpha value is 0. The second-order valence-corrected chi connectivity index (χ2v) is 4.45. The van der Waals surface area contributed by atoms with Gasteiger partial charge < -0.3 is 0 Å². The van der Waals surface area contributed by atoms with Crippen molar-refractivity contribution < 1.29 is 0 Å². The average molecular weight is 168 g/mol. The lowest BCUT2D eigenvalue weighted by Gasteiger charge is -2.17. The molecule has 0 unspecified atom stereocenters. The van der Waals surface area contributed by atoms with E-state index >= 15 is 0 Å². The average Bonchev–Trinajstić information content (AvgIpc) is 2.56. The molecule has 1 saturated carbocycles. The molecule has 1 rings (SSSR count). The molecule has 0 N–H and O–H groups in total. The van der Waals surface area contributed by atoms with Gasteiger partial charge in [-0.1, -0.05) is 58.8 Å². The largest absolute Gasteiger partial charge is 0.0654 e. The molecule has 1 atom stereocenters. The summed E-state index contributed by atoms with van der Waals surface area (Å²) in [6.45, 7) is 4.67. The van der Waals surface area contributed by atoms with Crippen molar-refractivity contribution in [2.24, 2.45) is 11.8 Å². The summed E-state index contributed by atoms with van der Waals surface area (Å²) >= 11 is 0. The van der Waals surface area contributed by atoms with Gasteiger partial charge in [-0.05, 0) is 18.3 Å². The summed E-state index contributed by atoms with van der Waals surface area (Å²) in [5, 5.41) is 0. The first-order valence-corrected chi connectivity index (χ1v) is 5.86. The molecule has 0 spiro atoms. The van der Waals surface area contributed by atoms with Gasteiger partial charge in [-0.2, -0.15) is 0 Å². The van der Waals surface area contributed by atoms with Crippen LogP contribution in [0.5, 0.6) is 0 Å². The third-order valence-electron chi connectivity index (χ3n) is 3.42. The minimum Gasteiger partial charge on any atom is -0.0654 e. The van der Waals surface area contributed by atoms with Crippen molar-refractivity contribution in [3.8, 4) is 0 Å². The summed E-state index contributed by atoms with van der Waals surface area (Å²) < 4.78 is 0. The molecule has 0 saturated heterocycles. The molecular weight excluding hydrogens is 144 g/mol. The van der Waals surface area contributed by atoms with E-state index in [0.717, 1.165) is 11.8 Å². The lowest BCUT2D eigenvalue weighted by molar-refractivity contribution is 0.346. The van der Waals surface area contributed by atoms with Crippen LogP contribution >= 0.6 is 0 Å². The summed E-state index contributed by atoms with van der Waals surface area (Å²) in [6.07, 6.45) is 11.9. The maximum absolute atomic E-state index is 2.36. The Balaban J connectivity index is 2.16. The quantitative estimate of drug-likeness (QED) is 0.571. The first-order valence-electron chi connectivity index (χ1n) is 5.86. The zero-order valence-electron chi connectivity index (χ0n) is 8.81. The Morgan fingerprint density at radius 2 is 1.83 bits per heavy atom. The Bertz CT molecular complexity index is 101. The van der Waals surface area contributed by atoms with Gasteiger partial charge in [-0.3, -0.25) is 0 Å². The van der Waals surface area contributed by atoms with Crippen LogP contribution in [0.4, 0.5) is 0 Å². The minimum absolute atomic E-state index is 1.04. The summed E-state index contributed by atoms with van der Waals surface area (Å²) in [5.74, 6) is 2.14. The van der Waals surface area contributed by atoms with Gasteiger partial charge in [0.1, 0.15) is 0 Å². The standard InChI is InChI=1S/C12H24/c1-3-7-11(4-2)10-12-8-5-6-9-12/h11-12H,3-10H2,1-2H3/t11-/m0/s1. The van der Waals surface area contributed by atoms with Gasteiger partial charge in [0.25, 0.3) is 0 Å². The van der Waals surface area contributed by atoms with Gasteiger partial charge in [0.2, 0.25) is 0 Å². The van der Waals surface area contributed by atoms with Crippen LogP contribution in [0.3, 0.4) is 0 Å². The van der Waals surface area contributed by atoms with Crippen LogP contribution in [0.1, 0.15) is 65.2 Å². The number of rotatable bonds is 5. The molecule has 0 bridgehead atoms. The van der Waals surface area contributed by atoms with E-state index in [2.05, 4.69) is 13.8 Å². The number of hydrogen-bond acceptors (Lipinski definition) is 0. The Labute approximate surface area is 77.7 Å². The SMILES string of the molecule is CCC[C@H](CC)CC1CCCC1. The molecule has 0 amide bonds. The Kier molecular flexibility index (Phi) is 4.72. The van der Waals surface area contributed by atoms with Gasteiger partial charge >= 0.3 is 0 Å². The highest BCUT2D eigenvalue weighted by Gasteiger charge is 2.18. The molecule has 0 heteroatoms. The normalized spacial score (nSPS) is 21.5. The molecule has 0 aromatic heterocycles. The summed E-state index contributed by atoms with van der Waals surface area (Å²) in [6, 6.07) is 0. The highest BCUT2D eigenvalue weighted by atomic mass is 14.2. The minimum atomic E-state index is 1.04. The Morgan fingerprint density at radius 1 is 1.17 bits per heavy atom. The smallest absolute Gasteiger partial charge is 0.0412 e. The van der Waals surface area contributed by atoms with E-state index in [-0.39, 0.29) is 0 Å².